The van der Waals surface area contributed by atoms with Gasteiger partial charge in [0.25, 0.3) is 0 Å². The molecule has 2 aliphatic heterocycles. The summed E-state index contributed by atoms with van der Waals surface area (Å²) in [7, 11) is 0. The fourth-order valence-corrected chi connectivity index (χ4v) is 3.71. The standard InChI is InChI=1S/C21H35N5O2/c1-3-11-28-20-6-5-18(14-23-20)15-24-21(22-4-2)26-8-7-19(17-26)16-25-9-12-27-13-10-25/h5-6,14,19H,3-4,7-13,15-17H2,1-2H3,(H,22,24). The third-order valence-electron chi connectivity index (χ3n) is 5.20. The summed E-state index contributed by atoms with van der Waals surface area (Å²) in [5, 5.41) is 3.46. The molecule has 1 aromatic rings. The number of likely N-dealkylation sites (tertiary alicyclic amines) is 1. The smallest absolute Gasteiger partial charge is 0.213 e. The number of nitrogens with zero attached hydrogens (tertiary/aromatic N) is 4. The molecule has 1 atom stereocenters. The van der Waals surface area contributed by atoms with E-state index >= 15 is 0 Å². The molecular formula is C21H35N5O2. The molecule has 0 radical (unpaired) electrons. The number of nitrogens with one attached hydrogen (secondary N) is 1. The minimum Gasteiger partial charge on any atom is -0.478 e. The van der Waals surface area contributed by atoms with Gasteiger partial charge in [-0.05, 0) is 31.2 Å². The molecule has 0 spiro atoms. The van der Waals surface area contributed by atoms with Crippen LogP contribution in [0.3, 0.4) is 0 Å². The predicted molar refractivity (Wildman–Crippen MR) is 112 cm³/mol. The Morgan fingerprint density at radius 1 is 1.29 bits per heavy atom. The Kier molecular flexibility index (Phi) is 8.36. The molecular weight excluding hydrogens is 354 g/mol. The Balaban J connectivity index is 1.52. The topological polar surface area (TPSA) is 62.2 Å². The fourth-order valence-electron chi connectivity index (χ4n) is 3.71. The molecule has 28 heavy (non-hydrogen) atoms. The van der Waals surface area contributed by atoms with Gasteiger partial charge in [-0.3, -0.25) is 4.90 Å². The third kappa shape index (κ3) is 6.34. The van der Waals surface area contributed by atoms with Crippen LogP contribution in [0.1, 0.15) is 32.3 Å². The second kappa shape index (κ2) is 11.2. The molecule has 156 valence electrons. The Morgan fingerprint density at radius 2 is 2.14 bits per heavy atom. The SMILES string of the molecule is CCCOc1ccc(CN=C(NCC)N2CCC(CN3CCOCC3)C2)cn1. The number of rotatable bonds is 8. The van der Waals surface area contributed by atoms with Gasteiger partial charge in [0.05, 0.1) is 26.4 Å². The summed E-state index contributed by atoms with van der Waals surface area (Å²) in [5.41, 5.74) is 1.10. The molecule has 2 aliphatic rings. The van der Waals surface area contributed by atoms with E-state index in [9.17, 15) is 0 Å². The normalized spacial score (nSPS) is 21.1. The van der Waals surface area contributed by atoms with Gasteiger partial charge in [-0.15, -0.1) is 0 Å². The molecule has 2 saturated heterocycles. The van der Waals surface area contributed by atoms with Crippen molar-refractivity contribution < 1.29 is 9.47 Å². The Bertz CT molecular complexity index is 601. The van der Waals surface area contributed by atoms with Crippen LogP contribution < -0.4 is 10.1 Å². The molecule has 0 aliphatic carbocycles. The van der Waals surface area contributed by atoms with E-state index in [0.717, 1.165) is 63.9 Å². The van der Waals surface area contributed by atoms with Gasteiger partial charge in [0.15, 0.2) is 5.96 Å². The maximum absolute atomic E-state index is 5.55. The molecule has 0 aromatic carbocycles. The van der Waals surface area contributed by atoms with Crippen molar-refractivity contribution in [1.82, 2.24) is 20.1 Å². The lowest BCUT2D eigenvalue weighted by atomic mass is 10.1. The highest BCUT2D eigenvalue weighted by Crippen LogP contribution is 2.18. The maximum Gasteiger partial charge on any atom is 0.213 e. The zero-order chi connectivity index (χ0) is 19.6. The zero-order valence-corrected chi connectivity index (χ0v) is 17.4. The number of aromatic nitrogens is 1. The van der Waals surface area contributed by atoms with E-state index in [1.807, 2.05) is 12.3 Å². The van der Waals surface area contributed by atoms with Gasteiger partial charge in [-0.1, -0.05) is 13.0 Å². The van der Waals surface area contributed by atoms with Gasteiger partial charge >= 0.3 is 0 Å². The van der Waals surface area contributed by atoms with Crippen molar-refractivity contribution in [1.29, 1.82) is 0 Å². The Hall–Kier alpha value is -1.86. The van der Waals surface area contributed by atoms with Gasteiger partial charge in [0, 0.05) is 51.5 Å². The van der Waals surface area contributed by atoms with Gasteiger partial charge in [-0.2, -0.15) is 0 Å². The summed E-state index contributed by atoms with van der Waals surface area (Å²) >= 11 is 0. The summed E-state index contributed by atoms with van der Waals surface area (Å²) < 4.78 is 11.0. The summed E-state index contributed by atoms with van der Waals surface area (Å²) in [5.74, 6) is 2.41. The van der Waals surface area contributed by atoms with Crippen LogP contribution in [0.4, 0.5) is 0 Å². The quantitative estimate of drug-likeness (QED) is 0.542. The molecule has 1 N–H and O–H groups in total. The van der Waals surface area contributed by atoms with Crippen molar-refractivity contribution in [2.24, 2.45) is 10.9 Å². The van der Waals surface area contributed by atoms with Crippen molar-refractivity contribution in [3.8, 4) is 5.88 Å². The van der Waals surface area contributed by atoms with E-state index in [-0.39, 0.29) is 0 Å². The van der Waals surface area contributed by atoms with Crippen LogP contribution in [-0.2, 0) is 11.3 Å². The minimum absolute atomic E-state index is 0.633. The number of ether oxygens (including phenoxy) is 2. The lowest BCUT2D eigenvalue weighted by molar-refractivity contribution is 0.0315. The van der Waals surface area contributed by atoms with Crippen molar-refractivity contribution in [3.63, 3.8) is 0 Å². The van der Waals surface area contributed by atoms with Gasteiger partial charge < -0.3 is 19.7 Å². The van der Waals surface area contributed by atoms with E-state index in [4.69, 9.17) is 14.5 Å². The first kappa shape index (κ1) is 20.9. The highest BCUT2D eigenvalue weighted by atomic mass is 16.5. The van der Waals surface area contributed by atoms with E-state index in [1.54, 1.807) is 0 Å². The molecule has 7 heteroatoms. The molecule has 1 aromatic heterocycles. The molecule has 0 amide bonds. The van der Waals surface area contributed by atoms with Gasteiger partial charge in [0.2, 0.25) is 5.88 Å². The van der Waals surface area contributed by atoms with Crippen LogP contribution in [0.2, 0.25) is 0 Å². The molecule has 7 nitrogen and oxygen atoms in total. The molecule has 2 fully saturated rings. The zero-order valence-electron chi connectivity index (χ0n) is 17.4. The van der Waals surface area contributed by atoms with Gasteiger partial charge in [0.1, 0.15) is 0 Å². The number of morpholine rings is 1. The molecule has 1 unspecified atom stereocenters. The van der Waals surface area contributed by atoms with E-state index in [1.165, 1.54) is 13.0 Å². The first-order valence-corrected chi connectivity index (χ1v) is 10.7. The summed E-state index contributed by atoms with van der Waals surface area (Å²) in [6, 6.07) is 3.98. The van der Waals surface area contributed by atoms with Gasteiger partial charge in [-0.25, -0.2) is 9.98 Å². The second-order valence-electron chi connectivity index (χ2n) is 7.54. The van der Waals surface area contributed by atoms with Crippen LogP contribution >= 0.6 is 0 Å². The highest BCUT2D eigenvalue weighted by molar-refractivity contribution is 5.80. The lowest BCUT2D eigenvalue weighted by Crippen LogP contribution is -2.42. The van der Waals surface area contributed by atoms with Crippen LogP contribution in [0.15, 0.2) is 23.3 Å². The van der Waals surface area contributed by atoms with Crippen LogP contribution in [0.5, 0.6) is 5.88 Å². The number of guanidine groups is 1. The summed E-state index contributed by atoms with van der Waals surface area (Å²) in [6.07, 6.45) is 4.08. The van der Waals surface area contributed by atoms with E-state index in [0.29, 0.717) is 24.9 Å². The number of hydrogen-bond acceptors (Lipinski definition) is 5. The first-order valence-electron chi connectivity index (χ1n) is 10.7. The molecule has 0 bridgehead atoms. The Labute approximate surface area is 169 Å². The predicted octanol–water partition coefficient (Wildman–Crippen LogP) is 1.99. The number of pyridine rings is 1. The highest BCUT2D eigenvalue weighted by Gasteiger charge is 2.27. The second-order valence-corrected chi connectivity index (χ2v) is 7.54. The molecule has 0 saturated carbocycles. The largest absolute Gasteiger partial charge is 0.478 e. The maximum atomic E-state index is 5.55. The lowest BCUT2D eigenvalue weighted by Gasteiger charge is -2.29. The average Bonchev–Trinajstić information content (AvgIpc) is 3.19. The van der Waals surface area contributed by atoms with Crippen molar-refractivity contribution in [3.05, 3.63) is 23.9 Å². The monoisotopic (exact) mass is 389 g/mol. The van der Waals surface area contributed by atoms with Crippen molar-refractivity contribution >= 4 is 5.96 Å². The van der Waals surface area contributed by atoms with E-state index in [2.05, 4.69) is 40.0 Å². The summed E-state index contributed by atoms with van der Waals surface area (Å²) in [6.45, 7) is 13.6. The van der Waals surface area contributed by atoms with Crippen molar-refractivity contribution in [2.45, 2.75) is 33.2 Å². The number of hydrogen-bond donors (Lipinski definition) is 1. The third-order valence-corrected chi connectivity index (χ3v) is 5.20. The Morgan fingerprint density at radius 3 is 2.86 bits per heavy atom. The molecule has 3 heterocycles. The van der Waals surface area contributed by atoms with Crippen molar-refractivity contribution in [2.75, 3.05) is 59.1 Å². The number of aliphatic imine (C=N–C) groups is 1. The van der Waals surface area contributed by atoms with Crippen LogP contribution in [0, 0.1) is 5.92 Å². The van der Waals surface area contributed by atoms with Crippen LogP contribution in [0.25, 0.3) is 0 Å². The van der Waals surface area contributed by atoms with Crippen LogP contribution in [-0.4, -0.2) is 79.8 Å². The average molecular weight is 390 g/mol. The minimum atomic E-state index is 0.633. The van der Waals surface area contributed by atoms with E-state index < -0.39 is 0 Å². The summed E-state index contributed by atoms with van der Waals surface area (Å²) in [4.78, 5) is 14.2. The molecule has 3 rings (SSSR count). The first-order chi connectivity index (χ1) is 13.8. The fraction of sp³-hybridized carbons (Fsp3) is 0.714.